The predicted octanol–water partition coefficient (Wildman–Crippen LogP) is 0.795. The molecule has 0 saturated heterocycles. The Hall–Kier alpha value is -0.630. The molecule has 0 bridgehead atoms. The number of allylic oxidation sites excluding steroid dienone is 1. The highest BCUT2D eigenvalue weighted by Crippen LogP contribution is 1.95. The van der Waals surface area contributed by atoms with E-state index in [9.17, 15) is 4.79 Å². The second-order valence-electron chi connectivity index (χ2n) is 3.11. The fourth-order valence-corrected chi connectivity index (χ4v) is 0.641. The minimum atomic E-state index is 0.699. The Labute approximate surface area is 56.4 Å². The average molecular weight is 128 g/mol. The smallest absolute Gasteiger partial charge is 0.151 e. The van der Waals surface area contributed by atoms with E-state index in [2.05, 4.69) is 0 Å². The molecule has 0 aromatic carbocycles. The first-order valence-corrected chi connectivity index (χ1v) is 2.91. The number of quaternary nitrogens is 1. The number of carbonyl (C=O) groups excluding carboxylic acids is 1. The molecule has 0 amide bonds. The zero-order valence-electron chi connectivity index (χ0n) is 6.51. The van der Waals surface area contributed by atoms with E-state index in [-0.39, 0.29) is 0 Å². The van der Waals surface area contributed by atoms with Gasteiger partial charge >= 0.3 is 0 Å². The highest BCUT2D eigenvalue weighted by molar-refractivity contribution is 5.71. The zero-order valence-corrected chi connectivity index (χ0v) is 6.51. The molecule has 0 aromatic heterocycles. The topological polar surface area (TPSA) is 17.1 Å². The van der Waals surface area contributed by atoms with Crippen molar-refractivity contribution in [2.45, 2.75) is 6.92 Å². The van der Waals surface area contributed by atoms with Gasteiger partial charge in [-0.2, -0.15) is 0 Å². The Bertz CT molecular complexity index is 130. The van der Waals surface area contributed by atoms with Gasteiger partial charge in [0.05, 0.1) is 21.1 Å². The van der Waals surface area contributed by atoms with Crippen LogP contribution in [0.1, 0.15) is 6.92 Å². The summed E-state index contributed by atoms with van der Waals surface area (Å²) in [5.41, 5.74) is 0.780. The molecule has 9 heavy (non-hydrogen) atoms. The second kappa shape index (κ2) is 2.78. The molecule has 0 atom stereocenters. The lowest BCUT2D eigenvalue weighted by Gasteiger charge is -2.17. The van der Waals surface area contributed by atoms with Crippen molar-refractivity contribution in [3.05, 3.63) is 11.8 Å². The molecule has 0 saturated carbocycles. The van der Waals surface area contributed by atoms with Crippen molar-refractivity contribution < 1.29 is 9.28 Å². The largest absolute Gasteiger partial charge is 0.304 e. The SMILES string of the molecule is CC(C=O)=C[N+](C)(C)C. The van der Waals surface area contributed by atoms with Crippen molar-refractivity contribution in [1.29, 1.82) is 0 Å². The third-order valence-corrected chi connectivity index (χ3v) is 0.777. The lowest BCUT2D eigenvalue weighted by atomic mass is 10.3. The number of rotatable bonds is 2. The van der Waals surface area contributed by atoms with Crippen LogP contribution in [0.25, 0.3) is 0 Å². The maximum Gasteiger partial charge on any atom is 0.151 e. The van der Waals surface area contributed by atoms with Crippen LogP contribution in [0.15, 0.2) is 11.8 Å². The minimum Gasteiger partial charge on any atom is -0.304 e. The van der Waals surface area contributed by atoms with Gasteiger partial charge in [0.15, 0.2) is 6.29 Å². The summed E-state index contributed by atoms with van der Waals surface area (Å²) >= 11 is 0. The number of hydrogen-bond acceptors (Lipinski definition) is 1. The molecule has 2 heteroatoms. The Balaban J connectivity index is 4.11. The molecule has 0 radical (unpaired) electrons. The molecule has 0 aliphatic carbocycles. The van der Waals surface area contributed by atoms with Crippen molar-refractivity contribution in [2.24, 2.45) is 0 Å². The molecule has 0 heterocycles. The van der Waals surface area contributed by atoms with Crippen LogP contribution in [0.4, 0.5) is 0 Å². The lowest BCUT2D eigenvalue weighted by Crippen LogP contribution is -2.27. The zero-order chi connectivity index (χ0) is 7.49. The molecular weight excluding hydrogens is 114 g/mol. The van der Waals surface area contributed by atoms with Crippen molar-refractivity contribution in [2.75, 3.05) is 21.1 Å². The summed E-state index contributed by atoms with van der Waals surface area (Å²) in [5, 5.41) is 0. The number of nitrogens with zero attached hydrogens (tertiary/aromatic N) is 1. The van der Waals surface area contributed by atoms with Crippen LogP contribution in [0.2, 0.25) is 0 Å². The molecule has 0 spiro atoms. The molecule has 0 N–H and O–H groups in total. The predicted molar refractivity (Wildman–Crippen MR) is 37.9 cm³/mol. The monoisotopic (exact) mass is 128 g/mol. The van der Waals surface area contributed by atoms with Crippen molar-refractivity contribution in [1.82, 2.24) is 0 Å². The summed E-state index contributed by atoms with van der Waals surface area (Å²) in [7, 11) is 6.02. The van der Waals surface area contributed by atoms with E-state index >= 15 is 0 Å². The minimum absolute atomic E-state index is 0.699. The summed E-state index contributed by atoms with van der Waals surface area (Å²) in [6.45, 7) is 1.80. The Morgan fingerprint density at radius 3 is 1.89 bits per heavy atom. The van der Waals surface area contributed by atoms with E-state index < -0.39 is 0 Å². The van der Waals surface area contributed by atoms with E-state index in [1.807, 2.05) is 27.3 Å². The van der Waals surface area contributed by atoms with Crippen LogP contribution in [0, 0.1) is 0 Å². The van der Waals surface area contributed by atoms with E-state index in [0.29, 0.717) is 4.48 Å². The standard InChI is InChI=1S/C7H14NO/c1-7(6-9)5-8(2,3)4/h5-6H,1-4H3/q+1. The van der Waals surface area contributed by atoms with Gasteiger partial charge in [0, 0.05) is 5.57 Å². The first-order chi connectivity index (χ1) is 3.95. The number of aldehydes is 1. The fourth-order valence-electron chi connectivity index (χ4n) is 0.641. The van der Waals surface area contributed by atoms with Gasteiger partial charge in [-0.1, -0.05) is 0 Å². The van der Waals surface area contributed by atoms with Gasteiger partial charge in [0.2, 0.25) is 0 Å². The molecule has 2 nitrogen and oxygen atoms in total. The molecule has 0 aliphatic rings. The molecule has 0 unspecified atom stereocenters. The van der Waals surface area contributed by atoms with Gasteiger partial charge in [-0.3, -0.25) is 4.79 Å². The van der Waals surface area contributed by atoms with Crippen molar-refractivity contribution in [3.63, 3.8) is 0 Å². The van der Waals surface area contributed by atoms with Crippen LogP contribution in [-0.2, 0) is 4.79 Å². The van der Waals surface area contributed by atoms with E-state index in [4.69, 9.17) is 0 Å². The van der Waals surface area contributed by atoms with E-state index in [1.54, 1.807) is 6.92 Å². The molecule has 0 aromatic rings. The normalized spacial score (nSPS) is 13.6. The van der Waals surface area contributed by atoms with Gasteiger partial charge in [-0.05, 0) is 6.92 Å². The summed E-state index contributed by atoms with van der Waals surface area (Å²) in [4.78, 5) is 10.1. The van der Waals surface area contributed by atoms with Crippen molar-refractivity contribution >= 4 is 6.29 Å². The Morgan fingerprint density at radius 1 is 1.33 bits per heavy atom. The highest BCUT2D eigenvalue weighted by atomic mass is 16.1. The Kier molecular flexibility index (Phi) is 2.59. The van der Waals surface area contributed by atoms with E-state index in [0.717, 1.165) is 11.9 Å². The molecule has 0 aliphatic heterocycles. The molecule has 0 rings (SSSR count). The third-order valence-electron chi connectivity index (χ3n) is 0.777. The fraction of sp³-hybridized carbons (Fsp3) is 0.571. The van der Waals surface area contributed by atoms with E-state index in [1.165, 1.54) is 0 Å². The molecule has 0 fully saturated rings. The quantitative estimate of drug-likeness (QED) is 0.305. The third kappa shape index (κ3) is 5.24. The molecular formula is C7H14NO+. The Morgan fingerprint density at radius 2 is 1.78 bits per heavy atom. The highest BCUT2D eigenvalue weighted by Gasteiger charge is 2.01. The van der Waals surface area contributed by atoms with Gasteiger partial charge < -0.3 is 4.48 Å². The summed E-state index contributed by atoms with van der Waals surface area (Å²) in [6.07, 6.45) is 2.76. The molecule has 52 valence electrons. The summed E-state index contributed by atoms with van der Waals surface area (Å²) < 4.78 is 0.699. The maximum absolute atomic E-state index is 10.1. The first kappa shape index (κ1) is 8.37. The van der Waals surface area contributed by atoms with Crippen LogP contribution in [0.5, 0.6) is 0 Å². The summed E-state index contributed by atoms with van der Waals surface area (Å²) in [6, 6.07) is 0. The number of carbonyl (C=O) groups is 1. The van der Waals surface area contributed by atoms with Gasteiger partial charge in [0.1, 0.15) is 6.20 Å². The van der Waals surface area contributed by atoms with Crippen LogP contribution in [0.3, 0.4) is 0 Å². The average Bonchev–Trinajstić information content (AvgIpc) is 1.62. The maximum atomic E-state index is 10.1. The van der Waals surface area contributed by atoms with Crippen LogP contribution >= 0.6 is 0 Å². The number of hydrogen-bond donors (Lipinski definition) is 0. The van der Waals surface area contributed by atoms with Crippen LogP contribution < -0.4 is 0 Å². The lowest BCUT2D eigenvalue weighted by molar-refractivity contribution is -0.817. The van der Waals surface area contributed by atoms with Crippen molar-refractivity contribution in [3.8, 4) is 0 Å². The van der Waals surface area contributed by atoms with Gasteiger partial charge in [0.25, 0.3) is 0 Å². The van der Waals surface area contributed by atoms with Gasteiger partial charge in [-0.25, -0.2) is 0 Å². The summed E-state index contributed by atoms with van der Waals surface area (Å²) in [5.74, 6) is 0. The second-order valence-corrected chi connectivity index (χ2v) is 3.11. The van der Waals surface area contributed by atoms with Gasteiger partial charge in [-0.15, -0.1) is 0 Å². The first-order valence-electron chi connectivity index (χ1n) is 2.91. The van der Waals surface area contributed by atoms with Crippen LogP contribution in [-0.4, -0.2) is 31.9 Å².